The zero-order chi connectivity index (χ0) is 11.1. The second-order valence-corrected chi connectivity index (χ2v) is 5.01. The quantitative estimate of drug-likeness (QED) is 0.752. The average molecular weight is 250 g/mol. The van der Waals surface area contributed by atoms with E-state index in [1.165, 1.54) is 5.06 Å². The minimum Gasteiger partial charge on any atom is -0.283 e. The third-order valence-electron chi connectivity index (χ3n) is 2.46. The van der Waals surface area contributed by atoms with Crippen molar-refractivity contribution >= 4 is 34.7 Å². The van der Waals surface area contributed by atoms with E-state index in [2.05, 4.69) is 0 Å². The fraction of sp³-hybridized carbons (Fsp3) is 0. The van der Waals surface area contributed by atoms with E-state index in [1.807, 2.05) is 36.4 Å². The summed E-state index contributed by atoms with van der Waals surface area (Å²) in [6.45, 7) is 0. The SMILES string of the molecule is ON1c2ccccc2Sc2ccc(Cl)cc21. The van der Waals surface area contributed by atoms with Gasteiger partial charge in [-0.15, -0.1) is 0 Å². The minimum absolute atomic E-state index is 0.623. The number of fused-ring (bicyclic) bond motifs is 2. The largest absolute Gasteiger partial charge is 0.283 e. The standard InChI is InChI=1S/C12H8ClNOS/c13-8-5-6-12-10(7-8)14(15)9-3-1-2-4-11(9)16-12/h1-7,15H. The van der Waals surface area contributed by atoms with Crippen LogP contribution in [0.5, 0.6) is 0 Å². The van der Waals surface area contributed by atoms with Gasteiger partial charge in [-0.1, -0.05) is 35.5 Å². The van der Waals surface area contributed by atoms with Crippen LogP contribution < -0.4 is 5.06 Å². The van der Waals surface area contributed by atoms with Crippen molar-refractivity contribution in [1.29, 1.82) is 0 Å². The lowest BCUT2D eigenvalue weighted by Gasteiger charge is -2.27. The van der Waals surface area contributed by atoms with E-state index in [-0.39, 0.29) is 0 Å². The Bertz CT molecular complexity index is 558. The van der Waals surface area contributed by atoms with E-state index in [1.54, 1.807) is 17.8 Å². The highest BCUT2D eigenvalue weighted by atomic mass is 35.5. The second kappa shape index (κ2) is 3.70. The molecule has 0 aliphatic carbocycles. The van der Waals surface area contributed by atoms with E-state index in [9.17, 15) is 5.21 Å². The van der Waals surface area contributed by atoms with Crippen LogP contribution in [-0.4, -0.2) is 5.21 Å². The van der Waals surface area contributed by atoms with Crippen molar-refractivity contribution in [3.8, 4) is 0 Å². The Hall–Kier alpha value is -1.16. The normalized spacial score (nSPS) is 13.2. The predicted octanol–water partition coefficient (Wildman–Crippen LogP) is 4.33. The highest BCUT2D eigenvalue weighted by Crippen LogP contribution is 2.47. The van der Waals surface area contributed by atoms with Gasteiger partial charge < -0.3 is 0 Å². The third kappa shape index (κ3) is 1.48. The maximum Gasteiger partial charge on any atom is 0.0847 e. The summed E-state index contributed by atoms with van der Waals surface area (Å²) >= 11 is 7.56. The smallest absolute Gasteiger partial charge is 0.0847 e. The van der Waals surface area contributed by atoms with Crippen LogP contribution in [0.1, 0.15) is 0 Å². The Morgan fingerprint density at radius 1 is 1.00 bits per heavy atom. The fourth-order valence-electron chi connectivity index (χ4n) is 1.71. The van der Waals surface area contributed by atoms with Gasteiger partial charge in [-0.05, 0) is 30.3 Å². The zero-order valence-electron chi connectivity index (χ0n) is 8.22. The summed E-state index contributed by atoms with van der Waals surface area (Å²) < 4.78 is 0. The molecule has 16 heavy (non-hydrogen) atoms. The summed E-state index contributed by atoms with van der Waals surface area (Å²) in [4.78, 5) is 2.05. The van der Waals surface area contributed by atoms with Crippen LogP contribution in [0.15, 0.2) is 52.3 Å². The van der Waals surface area contributed by atoms with Crippen LogP contribution >= 0.6 is 23.4 Å². The highest BCUT2D eigenvalue weighted by molar-refractivity contribution is 7.99. The molecule has 1 aliphatic heterocycles. The van der Waals surface area contributed by atoms with Gasteiger partial charge in [0.2, 0.25) is 0 Å². The van der Waals surface area contributed by atoms with Gasteiger partial charge in [0, 0.05) is 14.8 Å². The molecule has 2 aromatic carbocycles. The molecule has 0 atom stereocenters. The van der Waals surface area contributed by atoms with E-state index >= 15 is 0 Å². The first-order valence-electron chi connectivity index (χ1n) is 4.81. The van der Waals surface area contributed by atoms with Crippen molar-refractivity contribution in [2.24, 2.45) is 0 Å². The third-order valence-corrected chi connectivity index (χ3v) is 3.83. The Morgan fingerprint density at radius 2 is 1.75 bits per heavy atom. The number of para-hydroxylation sites is 1. The summed E-state index contributed by atoms with van der Waals surface area (Å²) in [5, 5.41) is 11.9. The molecular formula is C12H8ClNOS. The molecule has 0 unspecified atom stereocenters. The molecular weight excluding hydrogens is 242 g/mol. The molecule has 3 rings (SSSR count). The number of hydrogen-bond donors (Lipinski definition) is 1. The van der Waals surface area contributed by atoms with Gasteiger partial charge in [-0.25, -0.2) is 5.06 Å². The van der Waals surface area contributed by atoms with Crippen LogP contribution in [0.4, 0.5) is 11.4 Å². The molecule has 1 heterocycles. The lowest BCUT2D eigenvalue weighted by molar-refractivity contribution is 0.296. The van der Waals surface area contributed by atoms with Crippen molar-refractivity contribution in [2.45, 2.75) is 9.79 Å². The molecule has 1 aliphatic rings. The molecule has 0 radical (unpaired) electrons. The first kappa shape index (κ1) is 10.0. The average Bonchev–Trinajstić information content (AvgIpc) is 2.31. The van der Waals surface area contributed by atoms with Gasteiger partial charge >= 0.3 is 0 Å². The van der Waals surface area contributed by atoms with Crippen molar-refractivity contribution in [1.82, 2.24) is 0 Å². The molecule has 0 saturated carbocycles. The molecule has 0 bridgehead atoms. The number of rotatable bonds is 0. The monoisotopic (exact) mass is 249 g/mol. The van der Waals surface area contributed by atoms with Crippen molar-refractivity contribution < 1.29 is 5.21 Å². The second-order valence-electron chi connectivity index (χ2n) is 3.49. The molecule has 4 heteroatoms. The number of benzene rings is 2. The molecule has 1 N–H and O–H groups in total. The summed E-state index contributed by atoms with van der Waals surface area (Å²) in [7, 11) is 0. The van der Waals surface area contributed by atoms with Crippen LogP contribution in [0.2, 0.25) is 5.02 Å². The summed E-state index contributed by atoms with van der Waals surface area (Å²) in [6, 6.07) is 13.2. The van der Waals surface area contributed by atoms with Crippen molar-refractivity contribution in [2.75, 3.05) is 5.06 Å². The lowest BCUT2D eigenvalue weighted by Crippen LogP contribution is -2.15. The molecule has 0 saturated heterocycles. The maximum absolute atomic E-state index is 10.1. The minimum atomic E-state index is 0.623. The molecule has 0 fully saturated rings. The van der Waals surface area contributed by atoms with Gasteiger partial charge in [-0.2, -0.15) is 0 Å². The number of anilines is 2. The highest BCUT2D eigenvalue weighted by Gasteiger charge is 2.21. The molecule has 2 nitrogen and oxygen atoms in total. The van der Waals surface area contributed by atoms with Crippen molar-refractivity contribution in [3.05, 3.63) is 47.5 Å². The first-order valence-corrected chi connectivity index (χ1v) is 6.00. The molecule has 0 amide bonds. The van der Waals surface area contributed by atoms with E-state index in [0.717, 1.165) is 21.2 Å². The molecule has 2 aromatic rings. The van der Waals surface area contributed by atoms with Gasteiger partial charge in [0.05, 0.1) is 11.4 Å². The Kier molecular flexibility index (Phi) is 2.32. The number of nitrogens with zero attached hydrogens (tertiary/aromatic N) is 1. The molecule has 0 spiro atoms. The first-order chi connectivity index (χ1) is 7.75. The zero-order valence-corrected chi connectivity index (χ0v) is 9.79. The molecule has 0 aromatic heterocycles. The number of halogens is 1. The molecule has 80 valence electrons. The predicted molar refractivity (Wildman–Crippen MR) is 65.9 cm³/mol. The fourth-order valence-corrected chi connectivity index (χ4v) is 2.90. The van der Waals surface area contributed by atoms with Crippen LogP contribution in [-0.2, 0) is 0 Å². The Morgan fingerprint density at radius 3 is 2.62 bits per heavy atom. The van der Waals surface area contributed by atoms with Crippen LogP contribution in [0, 0.1) is 0 Å². The van der Waals surface area contributed by atoms with Crippen LogP contribution in [0.25, 0.3) is 0 Å². The van der Waals surface area contributed by atoms with E-state index in [4.69, 9.17) is 11.6 Å². The Labute approximate surface area is 102 Å². The Balaban J connectivity index is 2.19. The number of hydrogen-bond acceptors (Lipinski definition) is 3. The topological polar surface area (TPSA) is 23.5 Å². The summed E-state index contributed by atoms with van der Waals surface area (Å²) in [6.07, 6.45) is 0. The lowest BCUT2D eigenvalue weighted by atomic mass is 10.2. The van der Waals surface area contributed by atoms with E-state index in [0.29, 0.717) is 5.02 Å². The summed E-state index contributed by atoms with van der Waals surface area (Å²) in [5.74, 6) is 0. The van der Waals surface area contributed by atoms with Crippen LogP contribution in [0.3, 0.4) is 0 Å². The van der Waals surface area contributed by atoms with Gasteiger partial charge in [0.25, 0.3) is 0 Å². The summed E-state index contributed by atoms with van der Waals surface area (Å²) in [5.41, 5.74) is 1.53. The van der Waals surface area contributed by atoms with E-state index < -0.39 is 0 Å². The maximum atomic E-state index is 10.1. The van der Waals surface area contributed by atoms with Crippen molar-refractivity contribution in [3.63, 3.8) is 0 Å². The van der Waals surface area contributed by atoms with Gasteiger partial charge in [0.15, 0.2) is 0 Å². The van der Waals surface area contributed by atoms with Gasteiger partial charge in [-0.3, -0.25) is 5.21 Å². The van der Waals surface area contributed by atoms with Gasteiger partial charge in [0.1, 0.15) is 0 Å².